The number of carbonyl (C=O) groups excluding carboxylic acids is 2. The van der Waals surface area contributed by atoms with Crippen LogP contribution in [0.25, 0.3) is 0 Å². The Kier molecular flexibility index (Phi) is 6.05. The zero-order chi connectivity index (χ0) is 21.7. The van der Waals surface area contributed by atoms with Crippen molar-refractivity contribution in [3.8, 4) is 0 Å². The first-order chi connectivity index (χ1) is 13.4. The van der Waals surface area contributed by atoms with Gasteiger partial charge in [-0.25, -0.2) is 0 Å². The van der Waals surface area contributed by atoms with Crippen molar-refractivity contribution in [2.24, 2.45) is 41.4 Å². The van der Waals surface area contributed by atoms with Crippen LogP contribution in [-0.2, 0) is 18.8 Å². The van der Waals surface area contributed by atoms with Crippen molar-refractivity contribution in [1.82, 2.24) is 0 Å². The second-order valence-electron chi connectivity index (χ2n) is 10.8. The van der Waals surface area contributed by atoms with E-state index in [2.05, 4.69) is 59.5 Å². The van der Waals surface area contributed by atoms with Gasteiger partial charge in [-0.05, 0) is 42.8 Å². The average Bonchev–Trinajstić information content (AvgIpc) is 2.94. The molecule has 8 atom stereocenters. The summed E-state index contributed by atoms with van der Waals surface area (Å²) in [7, 11) is -0.571. The average molecular weight is 419 g/mol. The molecule has 0 aliphatic heterocycles. The molecule has 0 aromatic heterocycles. The zero-order valence-electron chi connectivity index (χ0n) is 19.1. The van der Waals surface area contributed by atoms with Gasteiger partial charge in [0, 0.05) is 23.7 Å². The predicted octanol–water partition coefficient (Wildman–Crippen LogP) is 5.02. The second kappa shape index (κ2) is 7.81. The van der Waals surface area contributed by atoms with E-state index in [4.69, 9.17) is 9.16 Å². The third-order valence-electron chi connectivity index (χ3n) is 8.23. The summed E-state index contributed by atoms with van der Waals surface area (Å²) in [6.07, 6.45) is 7.98. The van der Waals surface area contributed by atoms with E-state index in [0.717, 1.165) is 12.8 Å². The molecule has 0 amide bonds. The summed E-state index contributed by atoms with van der Waals surface area (Å²) < 4.78 is 12.1. The lowest BCUT2D eigenvalue weighted by atomic mass is 9.67. The summed E-state index contributed by atoms with van der Waals surface area (Å²) in [5, 5.41) is 0.118. The molecule has 3 aliphatic carbocycles. The van der Waals surface area contributed by atoms with Crippen molar-refractivity contribution in [2.45, 2.75) is 64.8 Å². The van der Waals surface area contributed by atoms with Gasteiger partial charge in [-0.15, -0.1) is 6.58 Å². The van der Waals surface area contributed by atoms with Crippen molar-refractivity contribution in [3.05, 3.63) is 24.8 Å². The van der Waals surface area contributed by atoms with E-state index in [1.54, 1.807) is 6.08 Å². The van der Waals surface area contributed by atoms with E-state index in [1.165, 1.54) is 7.11 Å². The molecular weight excluding hydrogens is 380 g/mol. The van der Waals surface area contributed by atoms with Gasteiger partial charge in [0.25, 0.3) is 0 Å². The first-order valence-electron chi connectivity index (χ1n) is 11.0. The quantitative estimate of drug-likeness (QED) is 0.366. The third-order valence-corrected chi connectivity index (χ3v) is 12.7. The number of hydrogen-bond acceptors (Lipinski definition) is 4. The summed E-state index contributed by atoms with van der Waals surface area (Å²) in [6.45, 7) is 17.5. The van der Waals surface area contributed by atoms with Crippen LogP contribution < -0.4 is 0 Å². The van der Waals surface area contributed by atoms with Crippen LogP contribution >= 0.6 is 0 Å². The number of rotatable bonds is 4. The van der Waals surface area contributed by atoms with Gasteiger partial charge in [0.2, 0.25) is 0 Å². The summed E-state index contributed by atoms with van der Waals surface area (Å²) in [6, 6.07) is 0. The van der Waals surface area contributed by atoms with Crippen molar-refractivity contribution in [2.75, 3.05) is 7.11 Å². The van der Waals surface area contributed by atoms with Crippen LogP contribution in [0.4, 0.5) is 0 Å². The smallest absolute Gasteiger partial charge is 0.310 e. The molecule has 0 saturated heterocycles. The number of methoxy groups -OCH3 is 1. The minimum atomic E-state index is -1.98. The summed E-state index contributed by atoms with van der Waals surface area (Å²) in [5.41, 5.74) is 0. The number of Topliss-reactive ketones (excluding diaryl/α,β-unsaturated/α-hetero) is 1. The normalized spacial score (nSPS) is 39.6. The molecule has 29 heavy (non-hydrogen) atoms. The number of ether oxygens (including phenoxy) is 1. The Labute approximate surface area is 177 Å². The summed E-state index contributed by atoms with van der Waals surface area (Å²) in [5.74, 6) is -0.389. The fraction of sp³-hybridized carbons (Fsp3) is 0.750. The fourth-order valence-electron chi connectivity index (χ4n) is 5.56. The standard InChI is InChI=1S/C24H38O4Si/c1-9-15-11-13-16-19-17(21(25)20(16)18(15)23(26)27-6)12-10-14(2)22(19)28-29(7,8)24(3,4)5/h9,11,13-20,22H,1,10,12H2,2-8H3/t14-,15+,16+,17-,18+,19+,20+,22+/m1/s1. The van der Waals surface area contributed by atoms with E-state index in [0.29, 0.717) is 5.92 Å². The molecule has 0 aromatic rings. The second-order valence-corrected chi connectivity index (χ2v) is 15.6. The van der Waals surface area contributed by atoms with E-state index >= 15 is 0 Å². The molecule has 0 bridgehead atoms. The summed E-state index contributed by atoms with van der Waals surface area (Å²) >= 11 is 0. The number of carbonyl (C=O) groups is 2. The first kappa shape index (κ1) is 22.5. The van der Waals surface area contributed by atoms with Crippen LogP contribution in [0.1, 0.15) is 40.5 Å². The van der Waals surface area contributed by atoms with E-state index < -0.39 is 14.2 Å². The molecule has 3 rings (SSSR count). The molecule has 0 unspecified atom stereocenters. The molecule has 4 nitrogen and oxygen atoms in total. The molecule has 2 fully saturated rings. The first-order valence-corrected chi connectivity index (χ1v) is 14.0. The minimum Gasteiger partial charge on any atom is -0.469 e. The number of esters is 1. The lowest BCUT2D eigenvalue weighted by Crippen LogP contribution is -2.51. The lowest BCUT2D eigenvalue weighted by molar-refractivity contribution is -0.151. The predicted molar refractivity (Wildman–Crippen MR) is 118 cm³/mol. The Hall–Kier alpha value is -1.20. The van der Waals surface area contributed by atoms with E-state index in [1.807, 2.05) is 0 Å². The highest BCUT2D eigenvalue weighted by atomic mass is 28.4. The molecular formula is C24H38O4Si. The van der Waals surface area contributed by atoms with Crippen molar-refractivity contribution in [1.29, 1.82) is 0 Å². The highest BCUT2D eigenvalue weighted by Gasteiger charge is 2.60. The van der Waals surface area contributed by atoms with E-state index in [9.17, 15) is 9.59 Å². The number of hydrogen-bond donors (Lipinski definition) is 0. The van der Waals surface area contributed by atoms with E-state index in [-0.39, 0.29) is 52.5 Å². The molecule has 0 aromatic carbocycles. The molecule has 162 valence electrons. The molecule has 0 N–H and O–H groups in total. The number of fused-ring (bicyclic) bond motifs is 3. The summed E-state index contributed by atoms with van der Waals surface area (Å²) in [4.78, 5) is 26.2. The van der Waals surface area contributed by atoms with Gasteiger partial charge in [-0.1, -0.05) is 45.9 Å². The van der Waals surface area contributed by atoms with Crippen molar-refractivity contribution in [3.63, 3.8) is 0 Å². The van der Waals surface area contributed by atoms with Crippen LogP contribution in [-0.4, -0.2) is 33.3 Å². The van der Waals surface area contributed by atoms with Gasteiger partial charge in [0.1, 0.15) is 5.78 Å². The van der Waals surface area contributed by atoms with Crippen LogP contribution in [0.15, 0.2) is 24.8 Å². The topological polar surface area (TPSA) is 52.6 Å². The highest BCUT2D eigenvalue weighted by molar-refractivity contribution is 6.74. The molecule has 3 aliphatic rings. The van der Waals surface area contributed by atoms with Crippen molar-refractivity contribution >= 4 is 20.1 Å². The van der Waals surface area contributed by atoms with Crippen LogP contribution in [0, 0.1) is 41.4 Å². The molecule has 2 saturated carbocycles. The van der Waals surface area contributed by atoms with Crippen LogP contribution in [0.3, 0.4) is 0 Å². The zero-order valence-corrected chi connectivity index (χ0v) is 20.1. The Bertz CT molecular complexity index is 704. The largest absolute Gasteiger partial charge is 0.469 e. The highest BCUT2D eigenvalue weighted by Crippen LogP contribution is 2.56. The number of ketones is 1. The van der Waals surface area contributed by atoms with Gasteiger partial charge in [-0.2, -0.15) is 0 Å². The maximum absolute atomic E-state index is 13.6. The molecule has 0 spiro atoms. The Balaban J connectivity index is 2.00. The van der Waals surface area contributed by atoms with Gasteiger partial charge in [0.15, 0.2) is 8.32 Å². The lowest BCUT2D eigenvalue weighted by Gasteiger charge is -2.47. The Morgan fingerprint density at radius 3 is 2.45 bits per heavy atom. The third kappa shape index (κ3) is 3.69. The Morgan fingerprint density at radius 2 is 1.90 bits per heavy atom. The van der Waals surface area contributed by atoms with Crippen LogP contribution in [0.5, 0.6) is 0 Å². The van der Waals surface area contributed by atoms with Gasteiger partial charge >= 0.3 is 5.97 Å². The Morgan fingerprint density at radius 1 is 1.24 bits per heavy atom. The van der Waals surface area contributed by atoms with Gasteiger partial charge < -0.3 is 9.16 Å². The fourth-order valence-corrected chi connectivity index (χ4v) is 6.98. The molecule has 0 radical (unpaired) electrons. The monoisotopic (exact) mass is 418 g/mol. The van der Waals surface area contributed by atoms with Gasteiger partial charge in [-0.3, -0.25) is 9.59 Å². The SMILES string of the molecule is C=C[C@H]1C=C[C@@H]2[C@H](C(=O)[C@@H]3CC[C@@H](C)[C@H](O[Si](C)(C)C(C)(C)C)[C@@H]23)[C@H]1C(=O)OC. The van der Waals surface area contributed by atoms with Crippen molar-refractivity contribution < 1.29 is 18.8 Å². The molecule has 0 heterocycles. The van der Waals surface area contributed by atoms with Gasteiger partial charge in [0.05, 0.1) is 19.1 Å². The maximum Gasteiger partial charge on any atom is 0.310 e. The maximum atomic E-state index is 13.6. The number of allylic oxidation sites excluding steroid dienone is 3. The van der Waals surface area contributed by atoms with Crippen LogP contribution in [0.2, 0.25) is 18.1 Å². The molecule has 5 heteroatoms. The minimum absolute atomic E-state index is 0.0173.